The third-order valence-electron chi connectivity index (χ3n) is 9.87. The smallest absolute Gasteiger partial charge is 0.0448 e. The summed E-state index contributed by atoms with van der Waals surface area (Å²) in [7, 11) is 0. The van der Waals surface area contributed by atoms with Crippen LogP contribution in [0.25, 0.3) is 104 Å². The fraction of sp³-hybridized carbons (Fsp3) is 0. The third-order valence-corrected chi connectivity index (χ3v) is 13.3. The Morgan fingerprint density at radius 1 is 0.277 bits per heavy atom. The predicted octanol–water partition coefficient (Wildman–Crippen LogP) is 14.4. The Bertz CT molecular complexity index is 3020. The lowest BCUT2D eigenvalue weighted by atomic mass is 9.85. The Morgan fingerprint density at radius 2 is 0.723 bits per heavy atom. The van der Waals surface area contributed by atoms with E-state index >= 15 is 0 Å². The van der Waals surface area contributed by atoms with Gasteiger partial charge in [-0.25, -0.2) is 0 Å². The monoisotopic (exact) mass is 648 g/mol. The van der Waals surface area contributed by atoms with Gasteiger partial charge in [-0.2, -0.15) is 0 Å². The van der Waals surface area contributed by atoms with Crippen LogP contribution in [0.2, 0.25) is 0 Å². The second-order valence-electron chi connectivity index (χ2n) is 12.4. The van der Waals surface area contributed by atoms with Gasteiger partial charge in [0.2, 0.25) is 0 Å². The minimum atomic E-state index is 1.27. The number of fused-ring (bicyclic) bond motifs is 12. The van der Waals surface area contributed by atoms with E-state index in [-0.39, 0.29) is 0 Å². The van der Waals surface area contributed by atoms with Crippen molar-refractivity contribution in [2.75, 3.05) is 0 Å². The van der Waals surface area contributed by atoms with E-state index in [4.69, 9.17) is 0 Å². The van der Waals surface area contributed by atoms with Crippen molar-refractivity contribution in [1.29, 1.82) is 0 Å². The van der Waals surface area contributed by atoms with E-state index < -0.39 is 0 Å². The number of benzene rings is 8. The first kappa shape index (κ1) is 26.1. The molecule has 0 radical (unpaired) electrons. The quantitative estimate of drug-likeness (QED) is 0.164. The van der Waals surface area contributed by atoms with Crippen molar-refractivity contribution in [2.24, 2.45) is 0 Å². The lowest BCUT2D eigenvalue weighted by Gasteiger charge is -2.18. The number of hydrogen-bond acceptors (Lipinski definition) is 3. The normalized spacial score (nSPS) is 12.3. The standard InChI is InChI=1S/C44H24S3/c1-3-13-32-30(11-1)41(25-18-21-38-35(23-25)43-39(45-38)22-20-34-28-10-6-8-16-37(28)47-44(34)43)31-12-2-4-14-33(31)42(32)26-17-19-29-27-9-5-7-15-36(27)46-40(29)24-26/h1-24H. The van der Waals surface area contributed by atoms with Gasteiger partial charge in [0.25, 0.3) is 0 Å². The van der Waals surface area contributed by atoms with E-state index in [2.05, 4.69) is 146 Å². The molecule has 218 valence electrons. The molecule has 0 atom stereocenters. The van der Waals surface area contributed by atoms with Gasteiger partial charge >= 0.3 is 0 Å². The SMILES string of the molecule is c1ccc2c(c1)sc1cc(-c3c4ccccc4c(-c4ccc5sc6ccc7c8ccccc8sc7c6c5c4)c4ccccc34)ccc12. The van der Waals surface area contributed by atoms with Gasteiger partial charge in [0.15, 0.2) is 0 Å². The van der Waals surface area contributed by atoms with Crippen LogP contribution in [-0.2, 0) is 0 Å². The van der Waals surface area contributed by atoms with Crippen LogP contribution in [0.3, 0.4) is 0 Å². The molecule has 11 rings (SSSR count). The van der Waals surface area contributed by atoms with E-state index in [9.17, 15) is 0 Å². The maximum Gasteiger partial charge on any atom is 0.0448 e. The highest BCUT2D eigenvalue weighted by molar-refractivity contribution is 7.29. The molecule has 0 saturated carbocycles. The summed E-state index contributed by atoms with van der Waals surface area (Å²) in [6.45, 7) is 0. The molecule has 0 spiro atoms. The van der Waals surface area contributed by atoms with Crippen LogP contribution in [0.15, 0.2) is 146 Å². The van der Waals surface area contributed by atoms with Crippen molar-refractivity contribution in [3.8, 4) is 22.3 Å². The van der Waals surface area contributed by atoms with Crippen LogP contribution in [0.1, 0.15) is 0 Å². The summed E-state index contributed by atoms with van der Waals surface area (Å²) in [4.78, 5) is 0. The zero-order valence-electron chi connectivity index (χ0n) is 25.1. The average molecular weight is 649 g/mol. The van der Waals surface area contributed by atoms with Gasteiger partial charge in [0.05, 0.1) is 0 Å². The van der Waals surface area contributed by atoms with Crippen molar-refractivity contribution in [1.82, 2.24) is 0 Å². The molecule has 11 aromatic rings. The van der Waals surface area contributed by atoms with Crippen LogP contribution in [0.4, 0.5) is 0 Å². The van der Waals surface area contributed by atoms with Gasteiger partial charge in [-0.15, -0.1) is 34.0 Å². The molecule has 0 nitrogen and oxygen atoms in total. The fourth-order valence-electron chi connectivity index (χ4n) is 7.83. The van der Waals surface area contributed by atoms with Crippen molar-refractivity contribution in [2.45, 2.75) is 0 Å². The maximum absolute atomic E-state index is 2.47. The molecular formula is C44H24S3. The predicted molar refractivity (Wildman–Crippen MR) is 211 cm³/mol. The van der Waals surface area contributed by atoms with Crippen LogP contribution >= 0.6 is 34.0 Å². The first-order valence-corrected chi connectivity index (χ1v) is 18.4. The molecule has 47 heavy (non-hydrogen) atoms. The highest BCUT2D eigenvalue weighted by Gasteiger charge is 2.19. The van der Waals surface area contributed by atoms with Crippen LogP contribution < -0.4 is 0 Å². The van der Waals surface area contributed by atoms with Crippen LogP contribution in [0.5, 0.6) is 0 Å². The molecule has 0 amide bonds. The second kappa shape index (κ2) is 9.73. The molecule has 0 aliphatic rings. The van der Waals surface area contributed by atoms with E-state index in [1.54, 1.807) is 0 Å². The summed E-state index contributed by atoms with van der Waals surface area (Å²) < 4.78 is 8.13. The molecule has 0 aliphatic carbocycles. The van der Waals surface area contributed by atoms with Crippen molar-refractivity contribution in [3.05, 3.63) is 146 Å². The van der Waals surface area contributed by atoms with E-state index in [1.165, 1.54) is 104 Å². The van der Waals surface area contributed by atoms with Gasteiger partial charge in [0, 0.05) is 60.5 Å². The summed E-state index contributed by atoms with van der Waals surface area (Å²) in [5.41, 5.74) is 5.17. The first-order valence-electron chi connectivity index (χ1n) is 15.9. The van der Waals surface area contributed by atoms with Gasteiger partial charge in [-0.3, -0.25) is 0 Å². The Labute approximate surface area is 282 Å². The zero-order chi connectivity index (χ0) is 30.6. The Morgan fingerprint density at radius 3 is 1.40 bits per heavy atom. The summed E-state index contributed by atoms with van der Waals surface area (Å²) in [6, 6.07) is 54.5. The molecule has 0 N–H and O–H groups in total. The fourth-order valence-corrected chi connectivity index (χ4v) is 11.4. The van der Waals surface area contributed by atoms with Gasteiger partial charge < -0.3 is 0 Å². The number of rotatable bonds is 2. The first-order chi connectivity index (χ1) is 23.3. The lowest BCUT2D eigenvalue weighted by molar-refractivity contribution is 1.70. The second-order valence-corrected chi connectivity index (χ2v) is 15.6. The highest BCUT2D eigenvalue weighted by atomic mass is 32.1. The highest BCUT2D eigenvalue weighted by Crippen LogP contribution is 2.48. The van der Waals surface area contributed by atoms with Crippen LogP contribution in [-0.4, -0.2) is 0 Å². The average Bonchev–Trinajstić information content (AvgIpc) is 3.80. The van der Waals surface area contributed by atoms with Crippen molar-refractivity contribution >= 4 is 116 Å². The molecule has 3 heterocycles. The minimum Gasteiger partial charge on any atom is -0.135 e. The molecule has 8 aromatic carbocycles. The van der Waals surface area contributed by atoms with Crippen LogP contribution in [0, 0.1) is 0 Å². The van der Waals surface area contributed by atoms with E-state index in [0.717, 1.165) is 0 Å². The zero-order valence-corrected chi connectivity index (χ0v) is 27.5. The van der Waals surface area contributed by atoms with Gasteiger partial charge in [-0.05, 0) is 80.2 Å². The Hall–Kier alpha value is -5.06. The molecule has 0 unspecified atom stereocenters. The van der Waals surface area contributed by atoms with E-state index in [1.807, 2.05) is 34.0 Å². The Balaban J connectivity index is 1.21. The molecule has 0 aliphatic heterocycles. The Kier molecular flexibility index (Phi) is 5.39. The third kappa shape index (κ3) is 3.68. The lowest BCUT2D eigenvalue weighted by Crippen LogP contribution is -1.90. The molecule has 0 saturated heterocycles. The molecule has 0 fully saturated rings. The number of thiophene rings is 3. The van der Waals surface area contributed by atoms with Gasteiger partial charge in [-0.1, -0.05) is 109 Å². The summed E-state index contributed by atoms with van der Waals surface area (Å²) in [6.07, 6.45) is 0. The maximum atomic E-state index is 2.47. The molecule has 3 heteroatoms. The minimum absolute atomic E-state index is 1.27. The van der Waals surface area contributed by atoms with Crippen molar-refractivity contribution in [3.63, 3.8) is 0 Å². The molecular weight excluding hydrogens is 625 g/mol. The largest absolute Gasteiger partial charge is 0.135 e. The number of hydrogen-bond donors (Lipinski definition) is 0. The summed E-state index contributed by atoms with van der Waals surface area (Å²) >= 11 is 5.72. The topological polar surface area (TPSA) is 0 Å². The summed E-state index contributed by atoms with van der Waals surface area (Å²) in [5, 5.41) is 13.3. The van der Waals surface area contributed by atoms with Gasteiger partial charge in [0.1, 0.15) is 0 Å². The molecule has 3 aromatic heterocycles. The summed E-state index contributed by atoms with van der Waals surface area (Å²) in [5.74, 6) is 0. The molecule has 0 bridgehead atoms. The van der Waals surface area contributed by atoms with E-state index in [0.29, 0.717) is 0 Å². The van der Waals surface area contributed by atoms with Crippen molar-refractivity contribution < 1.29 is 0 Å².